The number of halogens is 4. The summed E-state index contributed by atoms with van der Waals surface area (Å²) < 4.78 is 3.55. The number of alkyl halides is 1. The number of benzene rings is 1. The second-order valence-electron chi connectivity index (χ2n) is 3.17. The smallest absolute Gasteiger partial charge is 0.0749 e. The van der Waals surface area contributed by atoms with Crippen LogP contribution in [0, 0.1) is 3.57 Å². The minimum atomic E-state index is 0.243. The highest BCUT2D eigenvalue weighted by Crippen LogP contribution is 2.40. The third-order valence-electron chi connectivity index (χ3n) is 2.07. The molecule has 0 aliphatic heterocycles. The van der Waals surface area contributed by atoms with E-state index in [0.717, 1.165) is 8.26 Å². The molecular formula is C11H6Br3IS. The maximum Gasteiger partial charge on any atom is 0.0749 e. The molecule has 5 heteroatoms. The highest BCUT2D eigenvalue weighted by atomic mass is 127. The van der Waals surface area contributed by atoms with Crippen LogP contribution in [-0.4, -0.2) is 0 Å². The van der Waals surface area contributed by atoms with E-state index in [1.165, 1.54) is 14.0 Å². The number of hydrogen-bond acceptors (Lipinski definition) is 1. The molecule has 0 radical (unpaired) electrons. The molecule has 84 valence electrons. The highest BCUT2D eigenvalue weighted by Gasteiger charge is 2.15. The normalized spacial score (nSPS) is 12.8. The van der Waals surface area contributed by atoms with Crippen LogP contribution in [0.1, 0.15) is 15.3 Å². The molecule has 16 heavy (non-hydrogen) atoms. The lowest BCUT2D eigenvalue weighted by Crippen LogP contribution is -1.91. The van der Waals surface area contributed by atoms with Crippen molar-refractivity contribution in [2.45, 2.75) is 4.83 Å². The summed E-state index contributed by atoms with van der Waals surface area (Å²) in [6.07, 6.45) is 0. The Hall–Kier alpha value is 1.09. The average Bonchev–Trinajstić information content (AvgIpc) is 2.67. The first-order valence-electron chi connectivity index (χ1n) is 4.42. The van der Waals surface area contributed by atoms with E-state index >= 15 is 0 Å². The molecule has 1 heterocycles. The van der Waals surface area contributed by atoms with E-state index in [-0.39, 0.29) is 4.83 Å². The topological polar surface area (TPSA) is 0 Å². The van der Waals surface area contributed by atoms with E-state index in [1.807, 2.05) is 0 Å². The summed E-state index contributed by atoms with van der Waals surface area (Å²) in [5, 5.41) is 0. The third kappa shape index (κ3) is 3.10. The van der Waals surface area contributed by atoms with Crippen LogP contribution >= 0.6 is 81.7 Å². The molecule has 2 aromatic rings. The molecule has 0 nitrogen and oxygen atoms in total. The first-order chi connectivity index (χ1) is 7.58. The van der Waals surface area contributed by atoms with Gasteiger partial charge in [0.05, 0.1) is 8.61 Å². The van der Waals surface area contributed by atoms with E-state index in [1.54, 1.807) is 11.3 Å². The molecule has 1 atom stereocenters. The van der Waals surface area contributed by atoms with Crippen LogP contribution in [0.2, 0.25) is 0 Å². The first kappa shape index (κ1) is 13.5. The van der Waals surface area contributed by atoms with Gasteiger partial charge in [0.15, 0.2) is 0 Å². The number of hydrogen-bond donors (Lipinski definition) is 0. The Kier molecular flexibility index (Phi) is 4.92. The molecule has 0 aliphatic rings. The van der Waals surface area contributed by atoms with Gasteiger partial charge < -0.3 is 0 Å². The van der Waals surface area contributed by atoms with Crippen LogP contribution < -0.4 is 0 Å². The van der Waals surface area contributed by atoms with Crippen LogP contribution in [0.25, 0.3) is 0 Å². The van der Waals surface area contributed by atoms with Gasteiger partial charge in [-0.1, -0.05) is 31.9 Å². The van der Waals surface area contributed by atoms with Crippen molar-refractivity contribution >= 4 is 81.7 Å². The Morgan fingerprint density at radius 1 is 1.12 bits per heavy atom. The van der Waals surface area contributed by atoms with Crippen LogP contribution in [0.5, 0.6) is 0 Å². The van der Waals surface area contributed by atoms with Gasteiger partial charge in [-0.25, -0.2) is 0 Å². The largest absolute Gasteiger partial charge is 0.132 e. The van der Waals surface area contributed by atoms with Crippen molar-refractivity contribution in [3.63, 3.8) is 0 Å². The van der Waals surface area contributed by atoms with Gasteiger partial charge in [0.1, 0.15) is 0 Å². The Labute approximate surface area is 137 Å². The van der Waals surface area contributed by atoms with E-state index in [2.05, 4.69) is 101 Å². The van der Waals surface area contributed by atoms with E-state index < -0.39 is 0 Å². The molecule has 1 aromatic heterocycles. The van der Waals surface area contributed by atoms with Gasteiger partial charge in [-0.3, -0.25) is 0 Å². The van der Waals surface area contributed by atoms with Crippen LogP contribution in [0.4, 0.5) is 0 Å². The molecule has 0 bridgehead atoms. The van der Waals surface area contributed by atoms with Gasteiger partial charge in [-0.05, 0) is 74.4 Å². The SMILES string of the molecule is Brc1ccc(C(Br)c2cc(I)ccc2Br)s1. The molecule has 2 rings (SSSR count). The predicted octanol–water partition coefficient (Wildman–Crippen LogP) is 6.36. The van der Waals surface area contributed by atoms with Crippen molar-refractivity contribution < 1.29 is 0 Å². The second-order valence-corrected chi connectivity index (χ2v) is 8.68. The summed E-state index contributed by atoms with van der Waals surface area (Å²) in [4.78, 5) is 1.54. The maximum atomic E-state index is 3.75. The van der Waals surface area contributed by atoms with Gasteiger partial charge in [0, 0.05) is 12.9 Å². The molecule has 0 saturated carbocycles. The zero-order valence-electron chi connectivity index (χ0n) is 7.88. The van der Waals surface area contributed by atoms with Gasteiger partial charge in [0.25, 0.3) is 0 Å². The van der Waals surface area contributed by atoms with Crippen molar-refractivity contribution in [2.75, 3.05) is 0 Å². The molecular weight excluding hydrogens is 531 g/mol. The third-order valence-corrected chi connectivity index (χ3v) is 6.45. The zero-order valence-corrected chi connectivity index (χ0v) is 15.6. The molecule has 0 spiro atoms. The molecule has 0 aliphatic carbocycles. The number of rotatable bonds is 2. The number of thiophene rings is 1. The van der Waals surface area contributed by atoms with E-state index in [0.29, 0.717) is 0 Å². The summed E-state index contributed by atoms with van der Waals surface area (Å²) in [6.45, 7) is 0. The predicted molar refractivity (Wildman–Crippen MR) is 89.6 cm³/mol. The van der Waals surface area contributed by atoms with Gasteiger partial charge >= 0.3 is 0 Å². The summed E-state index contributed by atoms with van der Waals surface area (Å²) in [7, 11) is 0. The lowest BCUT2D eigenvalue weighted by Gasteiger charge is -2.10. The van der Waals surface area contributed by atoms with Crippen LogP contribution in [0.3, 0.4) is 0 Å². The van der Waals surface area contributed by atoms with Crippen molar-refractivity contribution in [3.8, 4) is 0 Å². The fraction of sp³-hybridized carbons (Fsp3) is 0.0909. The van der Waals surface area contributed by atoms with Gasteiger partial charge in [0.2, 0.25) is 0 Å². The molecule has 0 fully saturated rings. The van der Waals surface area contributed by atoms with Crippen molar-refractivity contribution in [1.82, 2.24) is 0 Å². The summed E-state index contributed by atoms with van der Waals surface area (Å²) >= 11 is 14.9. The van der Waals surface area contributed by atoms with E-state index in [4.69, 9.17) is 0 Å². The minimum Gasteiger partial charge on any atom is -0.132 e. The molecule has 1 aromatic carbocycles. The van der Waals surface area contributed by atoms with Gasteiger partial charge in [-0.15, -0.1) is 11.3 Å². The maximum absolute atomic E-state index is 3.75. The summed E-state index contributed by atoms with van der Waals surface area (Å²) in [5.74, 6) is 0. The Balaban J connectivity index is 2.40. The second kappa shape index (κ2) is 5.82. The Morgan fingerprint density at radius 3 is 2.50 bits per heavy atom. The van der Waals surface area contributed by atoms with E-state index in [9.17, 15) is 0 Å². The molecule has 0 N–H and O–H groups in total. The zero-order chi connectivity index (χ0) is 11.7. The Bertz CT molecular complexity index is 510. The standard InChI is InChI=1S/C11H6Br3IS/c12-8-2-1-6(15)5-7(8)11(14)9-3-4-10(13)16-9/h1-5,11H. The first-order valence-corrected chi connectivity index (χ1v) is 8.82. The van der Waals surface area contributed by atoms with Crippen LogP contribution in [-0.2, 0) is 0 Å². The highest BCUT2D eigenvalue weighted by molar-refractivity contribution is 14.1. The fourth-order valence-corrected chi connectivity index (χ4v) is 4.86. The average molecular weight is 537 g/mol. The molecule has 0 saturated heterocycles. The van der Waals surface area contributed by atoms with Crippen molar-refractivity contribution in [1.29, 1.82) is 0 Å². The molecule has 0 amide bonds. The fourth-order valence-electron chi connectivity index (χ4n) is 1.33. The minimum absolute atomic E-state index is 0.243. The Morgan fingerprint density at radius 2 is 1.88 bits per heavy atom. The van der Waals surface area contributed by atoms with Crippen molar-refractivity contribution in [3.05, 3.63) is 52.6 Å². The lowest BCUT2D eigenvalue weighted by atomic mass is 10.1. The molecule has 1 unspecified atom stereocenters. The lowest BCUT2D eigenvalue weighted by molar-refractivity contribution is 1.20. The monoisotopic (exact) mass is 534 g/mol. The van der Waals surface area contributed by atoms with Crippen molar-refractivity contribution in [2.24, 2.45) is 0 Å². The quantitative estimate of drug-likeness (QED) is 0.309. The summed E-state index contributed by atoms with van der Waals surface area (Å²) in [5.41, 5.74) is 1.27. The van der Waals surface area contributed by atoms with Crippen LogP contribution in [0.15, 0.2) is 38.6 Å². The summed E-state index contributed by atoms with van der Waals surface area (Å²) in [6, 6.07) is 10.6. The van der Waals surface area contributed by atoms with Gasteiger partial charge in [-0.2, -0.15) is 0 Å².